The van der Waals surface area contributed by atoms with E-state index in [9.17, 15) is 4.79 Å². The summed E-state index contributed by atoms with van der Waals surface area (Å²) in [5.74, 6) is 1.11. The SMILES string of the molecule is CCOC(=O)C1CCN(c2ccc3c(n2)CCC3)CC1. The van der Waals surface area contributed by atoms with Crippen LogP contribution in [0.1, 0.15) is 37.4 Å². The molecule has 1 saturated heterocycles. The van der Waals surface area contributed by atoms with Crippen LogP contribution in [0.15, 0.2) is 12.1 Å². The van der Waals surface area contributed by atoms with Crippen LogP contribution in [0.25, 0.3) is 0 Å². The molecule has 1 aromatic rings. The standard InChI is InChI=1S/C16H22N2O2/c1-2-20-16(19)13-8-10-18(11-9-13)15-7-6-12-4-3-5-14(12)17-15/h6-7,13H,2-5,8-11H2,1H3. The smallest absolute Gasteiger partial charge is 0.309 e. The molecule has 108 valence electrons. The summed E-state index contributed by atoms with van der Waals surface area (Å²) in [7, 11) is 0. The predicted molar refractivity (Wildman–Crippen MR) is 77.8 cm³/mol. The topological polar surface area (TPSA) is 42.4 Å². The fraction of sp³-hybridized carbons (Fsp3) is 0.625. The number of esters is 1. The van der Waals surface area contributed by atoms with E-state index >= 15 is 0 Å². The highest BCUT2D eigenvalue weighted by molar-refractivity contribution is 5.72. The molecule has 0 N–H and O–H groups in total. The number of carbonyl (C=O) groups is 1. The van der Waals surface area contributed by atoms with Gasteiger partial charge in [0.15, 0.2) is 0 Å². The Kier molecular flexibility index (Phi) is 3.90. The molecule has 1 aromatic heterocycles. The van der Waals surface area contributed by atoms with Crippen LogP contribution in [0.5, 0.6) is 0 Å². The van der Waals surface area contributed by atoms with E-state index in [1.165, 1.54) is 24.1 Å². The van der Waals surface area contributed by atoms with E-state index in [4.69, 9.17) is 9.72 Å². The Morgan fingerprint density at radius 2 is 2.15 bits per heavy atom. The molecule has 4 nitrogen and oxygen atoms in total. The largest absolute Gasteiger partial charge is 0.466 e. The van der Waals surface area contributed by atoms with Gasteiger partial charge in [-0.3, -0.25) is 4.79 Å². The molecule has 0 radical (unpaired) electrons. The fourth-order valence-corrected chi connectivity index (χ4v) is 3.19. The molecule has 3 rings (SSSR count). The van der Waals surface area contributed by atoms with Crippen LogP contribution in [0, 0.1) is 5.92 Å². The van der Waals surface area contributed by atoms with Crippen molar-refractivity contribution >= 4 is 11.8 Å². The molecule has 1 aliphatic heterocycles. The van der Waals surface area contributed by atoms with Crippen LogP contribution in [0.2, 0.25) is 0 Å². The predicted octanol–water partition coefficient (Wildman–Crippen LogP) is 2.35. The van der Waals surface area contributed by atoms with Crippen molar-refractivity contribution in [1.29, 1.82) is 0 Å². The molecule has 0 saturated carbocycles. The normalized spacial score (nSPS) is 18.9. The minimum absolute atomic E-state index is 0.0333. The number of nitrogens with zero attached hydrogens (tertiary/aromatic N) is 2. The van der Waals surface area contributed by atoms with Gasteiger partial charge in [0.25, 0.3) is 0 Å². The number of rotatable bonds is 3. The first-order chi connectivity index (χ1) is 9.78. The molecule has 4 heteroatoms. The van der Waals surface area contributed by atoms with Gasteiger partial charge in [-0.15, -0.1) is 0 Å². The van der Waals surface area contributed by atoms with Gasteiger partial charge in [-0.2, -0.15) is 0 Å². The van der Waals surface area contributed by atoms with Gasteiger partial charge in [-0.05, 0) is 50.7 Å². The maximum absolute atomic E-state index is 11.7. The molecular weight excluding hydrogens is 252 g/mol. The van der Waals surface area contributed by atoms with Crippen molar-refractivity contribution in [2.75, 3.05) is 24.6 Å². The second-order valence-corrected chi connectivity index (χ2v) is 5.64. The van der Waals surface area contributed by atoms with Gasteiger partial charge >= 0.3 is 5.97 Å². The quantitative estimate of drug-likeness (QED) is 0.794. The first kappa shape index (κ1) is 13.4. The molecule has 0 bridgehead atoms. The van der Waals surface area contributed by atoms with E-state index < -0.39 is 0 Å². The van der Waals surface area contributed by atoms with Crippen molar-refractivity contribution in [2.24, 2.45) is 5.92 Å². The van der Waals surface area contributed by atoms with Crippen molar-refractivity contribution in [2.45, 2.75) is 39.0 Å². The second-order valence-electron chi connectivity index (χ2n) is 5.64. The molecule has 2 aliphatic rings. The lowest BCUT2D eigenvalue weighted by molar-refractivity contribution is -0.148. The maximum Gasteiger partial charge on any atom is 0.309 e. The van der Waals surface area contributed by atoms with Crippen molar-refractivity contribution in [3.05, 3.63) is 23.4 Å². The molecule has 1 fully saturated rings. The van der Waals surface area contributed by atoms with Crippen LogP contribution >= 0.6 is 0 Å². The van der Waals surface area contributed by atoms with E-state index in [1.807, 2.05) is 6.92 Å². The lowest BCUT2D eigenvalue weighted by Gasteiger charge is -2.32. The summed E-state index contributed by atoms with van der Waals surface area (Å²) < 4.78 is 5.11. The molecule has 1 aliphatic carbocycles. The van der Waals surface area contributed by atoms with Crippen LogP contribution in [0.3, 0.4) is 0 Å². The molecule has 0 aromatic carbocycles. The number of pyridine rings is 1. The highest BCUT2D eigenvalue weighted by Crippen LogP contribution is 2.26. The number of hydrogen-bond donors (Lipinski definition) is 0. The lowest BCUT2D eigenvalue weighted by Crippen LogP contribution is -2.37. The van der Waals surface area contributed by atoms with Crippen LogP contribution < -0.4 is 4.90 Å². The van der Waals surface area contributed by atoms with E-state index in [2.05, 4.69) is 17.0 Å². The average Bonchev–Trinajstić information content (AvgIpc) is 2.95. The van der Waals surface area contributed by atoms with Gasteiger partial charge in [0.2, 0.25) is 0 Å². The highest BCUT2D eigenvalue weighted by atomic mass is 16.5. The number of piperidine rings is 1. The van der Waals surface area contributed by atoms with Gasteiger partial charge < -0.3 is 9.64 Å². The van der Waals surface area contributed by atoms with E-state index in [-0.39, 0.29) is 11.9 Å². The summed E-state index contributed by atoms with van der Waals surface area (Å²) in [4.78, 5) is 18.8. The number of anilines is 1. The second kappa shape index (κ2) is 5.81. The number of hydrogen-bond acceptors (Lipinski definition) is 4. The Balaban J connectivity index is 1.62. The number of ether oxygens (including phenoxy) is 1. The van der Waals surface area contributed by atoms with Crippen LogP contribution in [-0.2, 0) is 22.4 Å². The molecule has 0 atom stereocenters. The highest BCUT2D eigenvalue weighted by Gasteiger charge is 2.27. The summed E-state index contributed by atoms with van der Waals surface area (Å²) in [6.07, 6.45) is 5.27. The summed E-state index contributed by atoms with van der Waals surface area (Å²) in [6.45, 7) is 4.14. The zero-order valence-corrected chi connectivity index (χ0v) is 12.1. The average molecular weight is 274 g/mol. The van der Waals surface area contributed by atoms with Gasteiger partial charge in [0.05, 0.1) is 12.5 Å². The molecule has 2 heterocycles. The van der Waals surface area contributed by atoms with Crippen LogP contribution in [-0.4, -0.2) is 30.6 Å². The Bertz CT molecular complexity index is 493. The molecule has 0 spiro atoms. The zero-order chi connectivity index (χ0) is 13.9. The minimum Gasteiger partial charge on any atom is -0.466 e. The lowest BCUT2D eigenvalue weighted by atomic mass is 9.97. The third-order valence-electron chi connectivity index (χ3n) is 4.35. The number of fused-ring (bicyclic) bond motifs is 1. The third kappa shape index (κ3) is 2.65. The number of aromatic nitrogens is 1. The Hall–Kier alpha value is -1.58. The van der Waals surface area contributed by atoms with E-state index in [0.29, 0.717) is 6.61 Å². The van der Waals surface area contributed by atoms with Crippen molar-refractivity contribution < 1.29 is 9.53 Å². The summed E-state index contributed by atoms with van der Waals surface area (Å²) in [6, 6.07) is 4.36. The maximum atomic E-state index is 11.7. The van der Waals surface area contributed by atoms with Gasteiger partial charge in [0, 0.05) is 18.8 Å². The fourth-order valence-electron chi connectivity index (χ4n) is 3.19. The van der Waals surface area contributed by atoms with Crippen molar-refractivity contribution in [3.63, 3.8) is 0 Å². The number of carbonyl (C=O) groups excluding carboxylic acids is 1. The summed E-state index contributed by atoms with van der Waals surface area (Å²) >= 11 is 0. The van der Waals surface area contributed by atoms with Gasteiger partial charge in [0.1, 0.15) is 5.82 Å². The monoisotopic (exact) mass is 274 g/mol. The molecule has 0 unspecified atom stereocenters. The van der Waals surface area contributed by atoms with Gasteiger partial charge in [-0.25, -0.2) is 4.98 Å². The van der Waals surface area contributed by atoms with E-state index in [1.54, 1.807) is 0 Å². The Labute approximate surface area is 120 Å². The van der Waals surface area contributed by atoms with Gasteiger partial charge in [-0.1, -0.05) is 6.07 Å². The van der Waals surface area contributed by atoms with E-state index in [0.717, 1.165) is 38.2 Å². The van der Waals surface area contributed by atoms with Crippen molar-refractivity contribution in [3.8, 4) is 0 Å². The third-order valence-corrected chi connectivity index (χ3v) is 4.35. The molecule has 20 heavy (non-hydrogen) atoms. The summed E-state index contributed by atoms with van der Waals surface area (Å²) in [5.41, 5.74) is 2.69. The van der Waals surface area contributed by atoms with Crippen LogP contribution in [0.4, 0.5) is 5.82 Å². The first-order valence-corrected chi connectivity index (χ1v) is 7.68. The Morgan fingerprint density at radius 3 is 2.90 bits per heavy atom. The Morgan fingerprint density at radius 1 is 1.35 bits per heavy atom. The number of aryl methyl sites for hydroxylation is 2. The zero-order valence-electron chi connectivity index (χ0n) is 12.1. The molecular formula is C16H22N2O2. The first-order valence-electron chi connectivity index (χ1n) is 7.68. The minimum atomic E-state index is -0.0333. The van der Waals surface area contributed by atoms with Crippen molar-refractivity contribution in [1.82, 2.24) is 4.98 Å². The summed E-state index contributed by atoms with van der Waals surface area (Å²) in [5, 5.41) is 0. The molecule has 0 amide bonds.